The molecule has 0 unspecified atom stereocenters. The molecule has 5 aromatic rings. The number of nitrogens with one attached hydrogen (secondary N) is 1. The first-order valence-corrected chi connectivity index (χ1v) is 11.3. The first-order chi connectivity index (χ1) is 17.1. The van der Waals surface area contributed by atoms with Crippen LogP contribution in [0.3, 0.4) is 0 Å². The summed E-state index contributed by atoms with van der Waals surface area (Å²) < 4.78 is 41.2. The van der Waals surface area contributed by atoms with E-state index in [1.165, 1.54) is 18.2 Å². The number of carboxylic acids is 1. The minimum atomic E-state index is -4.48. The normalized spacial score (nSPS) is 11.8. The van der Waals surface area contributed by atoms with Gasteiger partial charge >= 0.3 is 12.1 Å². The maximum Gasteiger partial charge on any atom is 0.416 e. The summed E-state index contributed by atoms with van der Waals surface area (Å²) in [5, 5.41) is 14.6. The monoisotopic (exact) mass is 530 g/mol. The minimum absolute atomic E-state index is 0.145. The van der Waals surface area contributed by atoms with Crippen LogP contribution in [0.15, 0.2) is 66.7 Å². The number of nitrogens with zero attached hydrogens (tertiary/aromatic N) is 3. The lowest BCUT2D eigenvalue weighted by atomic mass is 10.1. The second kappa shape index (κ2) is 9.00. The predicted octanol–water partition coefficient (Wildman–Crippen LogP) is 7.17. The first kappa shape index (κ1) is 23.9. The molecule has 0 radical (unpaired) electrons. The smallest absolute Gasteiger partial charge is 0.416 e. The van der Waals surface area contributed by atoms with E-state index in [0.29, 0.717) is 38.3 Å². The first-order valence-electron chi connectivity index (χ1n) is 10.5. The van der Waals surface area contributed by atoms with Gasteiger partial charge in [-0.2, -0.15) is 18.3 Å². The van der Waals surface area contributed by atoms with Crippen molar-refractivity contribution in [2.75, 3.05) is 0 Å². The predicted molar refractivity (Wildman–Crippen MR) is 130 cm³/mol. The van der Waals surface area contributed by atoms with E-state index in [0.717, 1.165) is 17.7 Å². The zero-order chi connectivity index (χ0) is 25.6. The average molecular weight is 531 g/mol. The fourth-order valence-corrected chi connectivity index (χ4v) is 4.33. The molecule has 11 heteroatoms. The molecule has 0 saturated carbocycles. The van der Waals surface area contributed by atoms with Gasteiger partial charge in [0.25, 0.3) is 0 Å². The van der Waals surface area contributed by atoms with Crippen LogP contribution in [0.2, 0.25) is 10.0 Å². The Balaban J connectivity index is 1.61. The van der Waals surface area contributed by atoms with Crippen molar-refractivity contribution in [3.05, 3.63) is 93.5 Å². The molecule has 0 aliphatic rings. The number of rotatable bonds is 5. The molecule has 36 heavy (non-hydrogen) atoms. The highest BCUT2D eigenvalue weighted by atomic mass is 35.5. The summed E-state index contributed by atoms with van der Waals surface area (Å²) in [4.78, 5) is 18.6. The number of aromatic carboxylic acids is 1. The molecule has 182 valence electrons. The van der Waals surface area contributed by atoms with E-state index < -0.39 is 17.7 Å². The number of fused-ring (bicyclic) bond motifs is 1. The number of hydrogen-bond donors (Lipinski definition) is 2. The molecule has 2 N–H and O–H groups in total. The van der Waals surface area contributed by atoms with Gasteiger partial charge in [-0.3, -0.25) is 4.68 Å². The number of aromatic amines is 1. The second-order valence-electron chi connectivity index (χ2n) is 8.05. The second-order valence-corrected chi connectivity index (χ2v) is 8.92. The highest BCUT2D eigenvalue weighted by molar-refractivity contribution is 6.35. The number of aromatic nitrogens is 4. The molecule has 0 aliphatic carbocycles. The fourth-order valence-electron chi connectivity index (χ4n) is 3.80. The van der Waals surface area contributed by atoms with E-state index in [4.69, 9.17) is 28.3 Å². The van der Waals surface area contributed by atoms with Gasteiger partial charge in [0.15, 0.2) is 5.82 Å². The highest BCUT2D eigenvalue weighted by Gasteiger charge is 2.31. The van der Waals surface area contributed by atoms with Gasteiger partial charge in [0.1, 0.15) is 5.69 Å². The van der Waals surface area contributed by atoms with Crippen molar-refractivity contribution < 1.29 is 23.1 Å². The summed E-state index contributed by atoms with van der Waals surface area (Å²) in [6.45, 7) is 0.244. The van der Waals surface area contributed by atoms with Crippen LogP contribution in [0.4, 0.5) is 13.2 Å². The van der Waals surface area contributed by atoms with Crippen LogP contribution in [0.1, 0.15) is 21.5 Å². The van der Waals surface area contributed by atoms with Crippen molar-refractivity contribution in [2.45, 2.75) is 12.7 Å². The number of benzene rings is 3. The van der Waals surface area contributed by atoms with Gasteiger partial charge in [-0.15, -0.1) is 0 Å². The maximum atomic E-state index is 13.2. The molecule has 0 aliphatic heterocycles. The van der Waals surface area contributed by atoms with Gasteiger partial charge in [0.2, 0.25) is 0 Å². The van der Waals surface area contributed by atoms with Crippen LogP contribution in [0.25, 0.3) is 33.8 Å². The lowest BCUT2D eigenvalue weighted by Gasteiger charge is -2.06. The fraction of sp³-hybridized carbons (Fsp3) is 0.0800. The molecule has 2 aromatic heterocycles. The maximum absolute atomic E-state index is 13.2. The van der Waals surface area contributed by atoms with Crippen LogP contribution in [-0.2, 0) is 12.7 Å². The number of imidazole rings is 1. The molecule has 0 saturated heterocycles. The van der Waals surface area contributed by atoms with E-state index in [1.807, 2.05) is 0 Å². The van der Waals surface area contributed by atoms with Crippen LogP contribution in [0, 0.1) is 0 Å². The summed E-state index contributed by atoms with van der Waals surface area (Å²) in [6.07, 6.45) is -4.48. The Hall–Kier alpha value is -3.82. The third-order valence-electron chi connectivity index (χ3n) is 5.52. The molecular formula is C25H15Cl2F3N4O2. The topological polar surface area (TPSA) is 83.8 Å². The Morgan fingerprint density at radius 3 is 2.31 bits per heavy atom. The number of halogens is 5. The summed E-state index contributed by atoms with van der Waals surface area (Å²) in [6, 6.07) is 16.3. The van der Waals surface area contributed by atoms with E-state index in [9.17, 15) is 18.0 Å². The number of H-pyrrole nitrogens is 1. The summed E-state index contributed by atoms with van der Waals surface area (Å²) in [7, 11) is 0. The molecule has 5 rings (SSSR count). The largest absolute Gasteiger partial charge is 0.478 e. The quantitative estimate of drug-likeness (QED) is 0.252. The van der Waals surface area contributed by atoms with Crippen molar-refractivity contribution in [1.29, 1.82) is 0 Å². The summed E-state index contributed by atoms with van der Waals surface area (Å²) in [5.41, 5.74) is 2.38. The van der Waals surface area contributed by atoms with Gasteiger partial charge in [-0.05, 0) is 60.2 Å². The van der Waals surface area contributed by atoms with Crippen molar-refractivity contribution in [3.8, 4) is 22.8 Å². The zero-order valence-corrected chi connectivity index (χ0v) is 19.7. The van der Waals surface area contributed by atoms with Gasteiger partial charge in [0, 0.05) is 15.6 Å². The molecule has 2 heterocycles. The van der Waals surface area contributed by atoms with Crippen molar-refractivity contribution >= 4 is 40.2 Å². The van der Waals surface area contributed by atoms with E-state index in [2.05, 4.69) is 15.1 Å². The highest BCUT2D eigenvalue weighted by Crippen LogP contribution is 2.33. The Bertz CT molecular complexity index is 1590. The summed E-state index contributed by atoms with van der Waals surface area (Å²) >= 11 is 12.3. The Morgan fingerprint density at radius 1 is 0.972 bits per heavy atom. The lowest BCUT2D eigenvalue weighted by Crippen LogP contribution is -2.05. The zero-order valence-electron chi connectivity index (χ0n) is 18.1. The van der Waals surface area contributed by atoms with Gasteiger partial charge in [-0.1, -0.05) is 35.3 Å². The van der Waals surface area contributed by atoms with Crippen LogP contribution >= 0.6 is 23.2 Å². The Morgan fingerprint density at radius 2 is 1.67 bits per heavy atom. The number of alkyl halides is 3. The number of carboxylic acid groups (broad SMARTS) is 1. The lowest BCUT2D eigenvalue weighted by molar-refractivity contribution is -0.137. The van der Waals surface area contributed by atoms with Crippen molar-refractivity contribution in [2.24, 2.45) is 0 Å². The summed E-state index contributed by atoms with van der Waals surface area (Å²) in [5.74, 6) is -0.722. The van der Waals surface area contributed by atoms with E-state index >= 15 is 0 Å². The van der Waals surface area contributed by atoms with E-state index in [-0.39, 0.29) is 17.6 Å². The Labute approximate surface area is 211 Å². The van der Waals surface area contributed by atoms with Gasteiger partial charge in [-0.25, -0.2) is 9.78 Å². The average Bonchev–Trinajstić information content (AvgIpc) is 3.41. The van der Waals surface area contributed by atoms with Crippen LogP contribution < -0.4 is 0 Å². The van der Waals surface area contributed by atoms with Crippen molar-refractivity contribution in [3.63, 3.8) is 0 Å². The van der Waals surface area contributed by atoms with Gasteiger partial charge in [0.05, 0.1) is 34.4 Å². The number of carbonyl (C=O) groups is 1. The molecule has 6 nitrogen and oxygen atoms in total. The molecule has 0 fully saturated rings. The van der Waals surface area contributed by atoms with Crippen molar-refractivity contribution in [1.82, 2.24) is 19.7 Å². The SMILES string of the molecule is O=C(O)c1ccc(Cn2nc(-c3cc(Cl)cc(Cl)c3)cc2-c2nc3ccc(C(F)(F)F)cc3[nH]2)cc1. The molecule has 0 atom stereocenters. The molecule has 0 spiro atoms. The van der Waals surface area contributed by atoms with E-state index in [1.54, 1.807) is 41.1 Å². The molecule has 3 aromatic carbocycles. The van der Waals surface area contributed by atoms with Crippen LogP contribution in [-0.4, -0.2) is 30.8 Å². The third kappa shape index (κ3) is 4.80. The molecule has 0 amide bonds. The standard InChI is InChI=1S/C25H15Cl2F3N4O2/c26-17-7-15(8-18(27)10-17)20-11-22(34(33-20)12-13-1-3-14(4-2-13)24(35)36)23-31-19-6-5-16(25(28,29)30)9-21(19)32-23/h1-11H,12H2,(H,31,32)(H,35,36). The minimum Gasteiger partial charge on any atom is -0.478 e. The third-order valence-corrected chi connectivity index (χ3v) is 5.96. The van der Waals surface area contributed by atoms with Crippen LogP contribution in [0.5, 0.6) is 0 Å². The Kier molecular flexibility index (Phi) is 5.97. The number of hydrogen-bond acceptors (Lipinski definition) is 3. The van der Waals surface area contributed by atoms with Gasteiger partial charge < -0.3 is 10.1 Å². The molecular weight excluding hydrogens is 516 g/mol. The molecule has 0 bridgehead atoms.